The summed E-state index contributed by atoms with van der Waals surface area (Å²) in [6.45, 7) is 0. The van der Waals surface area contributed by atoms with Crippen molar-refractivity contribution in [3.63, 3.8) is 0 Å². The molecule has 0 aromatic rings. The maximum absolute atomic E-state index is 11.1. The minimum Gasteiger partial charge on any atom is -0.736 e. The maximum Gasteiger partial charge on any atom is 0.119 e. The summed E-state index contributed by atoms with van der Waals surface area (Å²) in [6, 6.07) is 0. The van der Waals surface area contributed by atoms with Crippen LogP contribution in [0.5, 0.6) is 0 Å². The molecule has 0 bridgehead atoms. The van der Waals surface area contributed by atoms with Gasteiger partial charge in [0.05, 0.1) is 0 Å². The minimum atomic E-state index is -0.433. The summed E-state index contributed by atoms with van der Waals surface area (Å²) < 4.78 is 0. The Morgan fingerprint density at radius 1 is 0.889 bits per heavy atom. The Kier molecular flexibility index (Phi) is 32.7. The Bertz CT molecular complexity index is 332. The van der Waals surface area contributed by atoms with Gasteiger partial charge in [-0.05, 0) is 7.05 Å². The Balaban J connectivity index is -0.0000000514. The Morgan fingerprint density at radius 2 is 1.33 bits per heavy atom. The van der Waals surface area contributed by atoms with Crippen LogP contribution in [0, 0.1) is 12.4 Å². The molecular formula is C7H3N2O2V7-3. The number of carbonyl (C=O) groups is 2. The van der Waals surface area contributed by atoms with Gasteiger partial charge in [-0.2, -0.15) is 11.1 Å². The van der Waals surface area contributed by atoms with E-state index < -0.39 is 5.91 Å². The van der Waals surface area contributed by atoms with Crippen molar-refractivity contribution in [1.82, 2.24) is 4.90 Å². The van der Waals surface area contributed by atoms with Crippen LogP contribution in [-0.2, 0) is 139 Å². The fourth-order valence-electron chi connectivity index (χ4n) is 0.970. The zero-order chi connectivity index (χ0) is 8.01. The van der Waals surface area contributed by atoms with Gasteiger partial charge in [0, 0.05) is 130 Å². The van der Waals surface area contributed by atoms with E-state index in [1.807, 2.05) is 0 Å². The topological polar surface area (TPSA) is 51.5 Å². The third-order valence-corrected chi connectivity index (χ3v) is 1.53. The van der Waals surface area contributed by atoms with Crippen LogP contribution >= 0.6 is 0 Å². The van der Waals surface area contributed by atoms with Crippen LogP contribution in [0.25, 0.3) is 5.32 Å². The molecule has 2 aliphatic heterocycles. The molecule has 0 spiro atoms. The van der Waals surface area contributed by atoms with Crippen LogP contribution < -0.4 is 0 Å². The zero-order valence-electron chi connectivity index (χ0n) is 8.84. The van der Waals surface area contributed by atoms with Crippen molar-refractivity contribution < 1.29 is 139 Å². The van der Waals surface area contributed by atoms with Gasteiger partial charge in [0.15, 0.2) is 0 Å². The SMILES string of the molecule is CN1[C-]=C2C(=O)[N-][C-]=C2C1=O.[V].[V].[V].[V].[V].[V].[V]. The first kappa shape index (κ1) is 37.1. The van der Waals surface area contributed by atoms with Gasteiger partial charge in [-0.25, -0.2) is 0 Å². The second kappa shape index (κ2) is 15.9. The summed E-state index contributed by atoms with van der Waals surface area (Å²) >= 11 is 0. The van der Waals surface area contributed by atoms with E-state index in [1.165, 1.54) is 11.9 Å². The number of hydrogen-bond acceptors (Lipinski definition) is 2. The molecule has 0 N–H and O–H groups in total. The van der Waals surface area contributed by atoms with Crippen molar-refractivity contribution >= 4 is 11.8 Å². The second-order valence-electron chi connectivity index (χ2n) is 2.25. The van der Waals surface area contributed by atoms with Crippen LogP contribution in [0.3, 0.4) is 0 Å². The van der Waals surface area contributed by atoms with Gasteiger partial charge < -0.3 is 26.0 Å². The van der Waals surface area contributed by atoms with E-state index in [-0.39, 0.29) is 147 Å². The molecule has 0 atom stereocenters. The maximum atomic E-state index is 11.1. The summed E-state index contributed by atoms with van der Waals surface area (Å²) in [7, 11) is 1.54. The molecule has 2 amide bonds. The summed E-state index contributed by atoms with van der Waals surface area (Å²) in [5, 5.41) is 3.33. The number of nitrogens with zero attached hydrogens (tertiary/aromatic N) is 2. The van der Waals surface area contributed by atoms with Gasteiger partial charge in [0.2, 0.25) is 0 Å². The van der Waals surface area contributed by atoms with Crippen molar-refractivity contribution in [2.45, 2.75) is 0 Å². The summed E-state index contributed by atoms with van der Waals surface area (Å²) in [5.74, 6) is -0.702. The average molecular weight is 504 g/mol. The third-order valence-electron chi connectivity index (χ3n) is 1.53. The smallest absolute Gasteiger partial charge is 0.119 e. The minimum absolute atomic E-state index is 0. The fraction of sp³-hybridized carbons (Fsp3) is 0.143. The number of carbonyl (C=O) groups excluding carboxylic acids is 2. The molecule has 2 aliphatic rings. The van der Waals surface area contributed by atoms with Gasteiger partial charge in [-0.1, -0.05) is 5.91 Å². The number of likely N-dealkylation sites (N-methyl/N-ethyl adjacent to an activating group) is 1. The monoisotopic (exact) mass is 504 g/mol. The first-order valence-corrected chi connectivity index (χ1v) is 3.00. The molecule has 2 heterocycles. The molecule has 11 heteroatoms. The number of fused-ring (bicyclic) bond motifs is 1. The van der Waals surface area contributed by atoms with E-state index in [4.69, 9.17) is 0 Å². The normalized spacial score (nSPS) is 13.1. The van der Waals surface area contributed by atoms with Crippen molar-refractivity contribution in [3.05, 3.63) is 28.9 Å². The molecule has 2 rings (SSSR count). The van der Waals surface area contributed by atoms with E-state index in [9.17, 15) is 9.59 Å². The van der Waals surface area contributed by atoms with Crippen LogP contribution in [0.1, 0.15) is 0 Å². The van der Waals surface area contributed by atoms with E-state index in [0.717, 1.165) is 0 Å². The van der Waals surface area contributed by atoms with E-state index in [2.05, 4.69) is 17.7 Å². The van der Waals surface area contributed by atoms with Gasteiger partial charge in [-0.3, -0.25) is 0 Å². The van der Waals surface area contributed by atoms with E-state index >= 15 is 0 Å². The molecule has 18 heavy (non-hydrogen) atoms. The largest absolute Gasteiger partial charge is 0.736 e. The molecule has 0 saturated carbocycles. The standard InChI is InChI=1S/C7H3N2O2.7V/c1-9-3-5-4(7(9)11)2-8-6(5)10;;;;;;;/h1H3;;;;;;;/q-3;;;;;;;. The quantitative estimate of drug-likeness (QED) is 0.428. The first-order chi connectivity index (χ1) is 5.20. The molecule has 4 nitrogen and oxygen atoms in total. The van der Waals surface area contributed by atoms with Crippen molar-refractivity contribution in [2.75, 3.05) is 7.05 Å². The molecule has 0 fully saturated rings. The molecule has 0 unspecified atom stereocenters. The van der Waals surface area contributed by atoms with E-state index in [0.29, 0.717) is 0 Å². The molecule has 0 aliphatic carbocycles. The molecule has 7 radical (unpaired) electrons. The number of hydrogen-bond donors (Lipinski definition) is 0. The van der Waals surface area contributed by atoms with Crippen LogP contribution in [-0.4, -0.2) is 23.8 Å². The van der Waals surface area contributed by atoms with E-state index in [1.54, 1.807) is 0 Å². The number of rotatable bonds is 0. The molecule has 0 saturated heterocycles. The number of amides is 2. The zero-order valence-corrected chi connectivity index (χ0v) is 18.6. The molecule has 0 aromatic carbocycles. The second-order valence-corrected chi connectivity index (χ2v) is 2.25. The Morgan fingerprint density at radius 3 is 1.72 bits per heavy atom. The summed E-state index contributed by atoms with van der Waals surface area (Å²) in [5.41, 5.74) is 0.468. The van der Waals surface area contributed by atoms with Crippen molar-refractivity contribution in [2.24, 2.45) is 0 Å². The average Bonchev–Trinajstić information content (AvgIpc) is 2.43. The molecular weight excluding hydrogens is 501 g/mol. The van der Waals surface area contributed by atoms with Crippen LogP contribution in [0.15, 0.2) is 11.1 Å². The predicted octanol–water partition coefficient (Wildman–Crippen LogP) is -0.271. The third kappa shape index (κ3) is 7.50. The Labute approximate surface area is 189 Å². The van der Waals surface area contributed by atoms with Crippen LogP contribution in [0.2, 0.25) is 0 Å². The fourth-order valence-corrected chi connectivity index (χ4v) is 0.970. The van der Waals surface area contributed by atoms with Gasteiger partial charge >= 0.3 is 0 Å². The Hall–Kier alpha value is 2.51. The molecule has 0 aromatic heterocycles. The van der Waals surface area contributed by atoms with Gasteiger partial charge in [0.25, 0.3) is 0 Å². The van der Waals surface area contributed by atoms with Crippen molar-refractivity contribution in [1.29, 1.82) is 0 Å². The van der Waals surface area contributed by atoms with Gasteiger partial charge in [-0.15, -0.1) is 6.20 Å². The first-order valence-electron chi connectivity index (χ1n) is 3.00. The predicted molar refractivity (Wildman–Crippen MR) is 34.6 cm³/mol. The summed E-state index contributed by atoms with van der Waals surface area (Å²) in [6.07, 6.45) is 4.92. The molecule has 91 valence electrons. The summed E-state index contributed by atoms with van der Waals surface area (Å²) in [4.78, 5) is 23.1. The van der Waals surface area contributed by atoms with Crippen molar-refractivity contribution in [3.8, 4) is 0 Å². The van der Waals surface area contributed by atoms with Gasteiger partial charge in [0.1, 0.15) is 5.91 Å². The van der Waals surface area contributed by atoms with Crippen LogP contribution in [0.4, 0.5) is 0 Å².